The van der Waals surface area contributed by atoms with Gasteiger partial charge in [-0.1, -0.05) is 144 Å². The summed E-state index contributed by atoms with van der Waals surface area (Å²) in [6.07, 6.45) is -3.90. The minimum absolute atomic E-state index is 0.0105. The summed E-state index contributed by atoms with van der Waals surface area (Å²) in [6.45, 7) is 0.970. The van der Waals surface area contributed by atoms with Crippen LogP contribution < -0.4 is 0 Å². The molecule has 6 nitrogen and oxygen atoms in total. The Morgan fingerprint density at radius 3 is 1.38 bits per heavy atom. The molecule has 0 unspecified atom stereocenters. The average molecular weight is 681 g/mol. The Labute approximate surface area is 261 Å². The Kier molecular flexibility index (Phi) is 13.6. The Bertz CT molecular complexity index is 1290. The number of carbonyl (C=O) groups excluding carboxylic acids is 1. The molecule has 7 heteroatoms. The molecular weight excluding hydrogens is 643 g/mol. The summed E-state index contributed by atoms with van der Waals surface area (Å²) in [5.41, 5.74) is 3.79. The molecule has 1 N–H and O–H groups in total. The molecule has 0 spiro atoms. The molecule has 0 saturated carbocycles. The van der Waals surface area contributed by atoms with Gasteiger partial charge in [0.25, 0.3) is 0 Å². The van der Waals surface area contributed by atoms with Crippen LogP contribution in [0.25, 0.3) is 0 Å². The second kappa shape index (κ2) is 17.9. The smallest absolute Gasteiger partial charge is 0.174 e. The molecule has 42 heavy (non-hydrogen) atoms. The lowest BCUT2D eigenvalue weighted by molar-refractivity contribution is -0.189. The van der Waals surface area contributed by atoms with Gasteiger partial charge in [-0.05, 0) is 22.3 Å². The summed E-state index contributed by atoms with van der Waals surface area (Å²) in [5.74, 6) is -0.143. The van der Waals surface area contributed by atoms with E-state index >= 15 is 0 Å². The zero-order valence-electron chi connectivity index (χ0n) is 23.5. The number of benzene rings is 4. The van der Waals surface area contributed by atoms with E-state index in [0.717, 1.165) is 22.3 Å². The number of aliphatic hydroxyl groups is 1. The van der Waals surface area contributed by atoms with Crippen molar-refractivity contribution >= 4 is 28.4 Å². The lowest BCUT2D eigenvalue weighted by Gasteiger charge is -2.35. The van der Waals surface area contributed by atoms with Crippen LogP contribution in [0.1, 0.15) is 22.3 Å². The highest BCUT2D eigenvalue weighted by atomic mass is 127. The van der Waals surface area contributed by atoms with E-state index in [2.05, 4.69) is 0 Å². The van der Waals surface area contributed by atoms with Crippen LogP contribution in [-0.4, -0.2) is 46.3 Å². The lowest BCUT2D eigenvalue weighted by Crippen LogP contribution is -2.52. The minimum atomic E-state index is -1.09. The number of ether oxygens (including phenoxy) is 4. The molecule has 0 bridgehead atoms. The fourth-order valence-electron chi connectivity index (χ4n) is 4.49. The maximum atomic E-state index is 13.4. The fraction of sp³-hybridized carbons (Fsp3) is 0.286. The van der Waals surface area contributed by atoms with Crippen LogP contribution in [0.4, 0.5) is 0 Å². The Morgan fingerprint density at radius 2 is 0.952 bits per heavy atom. The second-order valence-electron chi connectivity index (χ2n) is 9.91. The van der Waals surface area contributed by atoms with Crippen LogP contribution in [0.5, 0.6) is 0 Å². The third-order valence-corrected chi connectivity index (χ3v) is 7.45. The monoisotopic (exact) mass is 680 g/mol. The van der Waals surface area contributed by atoms with Crippen LogP contribution in [0.3, 0.4) is 0 Å². The van der Waals surface area contributed by atoms with Crippen LogP contribution >= 0.6 is 22.6 Å². The predicted octanol–water partition coefficient (Wildman–Crippen LogP) is 6.32. The number of Topliss-reactive ketones (excluding diaryl/α,β-unsaturated/α-hetero) is 1. The maximum Gasteiger partial charge on any atom is 0.174 e. The minimum Gasteiger partial charge on any atom is -0.388 e. The molecular formula is C35H37IO6. The molecule has 220 valence electrons. The summed E-state index contributed by atoms with van der Waals surface area (Å²) >= 11 is 2.04. The van der Waals surface area contributed by atoms with Crippen molar-refractivity contribution in [3.63, 3.8) is 0 Å². The number of halogens is 1. The van der Waals surface area contributed by atoms with Gasteiger partial charge in [0.15, 0.2) is 5.78 Å². The highest BCUT2D eigenvalue weighted by Crippen LogP contribution is 2.23. The van der Waals surface area contributed by atoms with Crippen molar-refractivity contribution in [3.05, 3.63) is 144 Å². The fourth-order valence-corrected chi connectivity index (χ4v) is 4.92. The molecule has 0 aromatic heterocycles. The highest BCUT2D eigenvalue weighted by Gasteiger charge is 2.40. The average Bonchev–Trinajstić information content (AvgIpc) is 3.05. The van der Waals surface area contributed by atoms with E-state index in [4.69, 9.17) is 18.9 Å². The number of hydrogen-bond acceptors (Lipinski definition) is 6. The van der Waals surface area contributed by atoms with Gasteiger partial charge in [-0.15, -0.1) is 0 Å². The number of alkyl halides is 1. The van der Waals surface area contributed by atoms with Crippen molar-refractivity contribution < 1.29 is 28.8 Å². The summed E-state index contributed by atoms with van der Waals surface area (Å²) in [6, 6.07) is 38.9. The van der Waals surface area contributed by atoms with Gasteiger partial charge in [-0.2, -0.15) is 0 Å². The first-order valence-electron chi connectivity index (χ1n) is 14.0. The summed E-state index contributed by atoms with van der Waals surface area (Å²) in [7, 11) is 0. The second-order valence-corrected chi connectivity index (χ2v) is 10.7. The van der Waals surface area contributed by atoms with Crippen molar-refractivity contribution in [2.45, 2.75) is 50.8 Å². The summed E-state index contributed by atoms with van der Waals surface area (Å²) in [4.78, 5) is 13.4. The van der Waals surface area contributed by atoms with Gasteiger partial charge in [0.1, 0.15) is 24.4 Å². The van der Waals surface area contributed by atoms with Gasteiger partial charge in [-0.3, -0.25) is 4.79 Å². The molecule has 0 aliphatic carbocycles. The van der Waals surface area contributed by atoms with Crippen molar-refractivity contribution in [1.29, 1.82) is 0 Å². The molecule has 0 amide bonds. The molecule has 0 aliphatic heterocycles. The number of aliphatic hydroxyl groups excluding tert-OH is 1. The van der Waals surface area contributed by atoms with Crippen LogP contribution in [-0.2, 0) is 50.2 Å². The van der Waals surface area contributed by atoms with E-state index in [-0.39, 0.29) is 36.6 Å². The first-order valence-corrected chi connectivity index (χ1v) is 15.5. The summed E-state index contributed by atoms with van der Waals surface area (Å²) in [5, 5.41) is 11.5. The van der Waals surface area contributed by atoms with Crippen molar-refractivity contribution in [3.8, 4) is 0 Å². The number of hydrogen-bond donors (Lipinski definition) is 1. The topological polar surface area (TPSA) is 74.2 Å². The van der Waals surface area contributed by atoms with E-state index < -0.39 is 24.4 Å². The Hall–Kier alpha value is -2.92. The van der Waals surface area contributed by atoms with Gasteiger partial charge >= 0.3 is 0 Å². The number of rotatable bonds is 18. The lowest BCUT2D eigenvalue weighted by atomic mass is 9.99. The van der Waals surface area contributed by atoms with E-state index in [1.165, 1.54) is 0 Å². The Morgan fingerprint density at radius 1 is 0.571 bits per heavy atom. The zero-order chi connectivity index (χ0) is 29.4. The highest BCUT2D eigenvalue weighted by molar-refractivity contribution is 14.1. The molecule has 4 aromatic rings. The molecule has 0 saturated heterocycles. The van der Waals surface area contributed by atoms with E-state index in [1.807, 2.05) is 144 Å². The summed E-state index contributed by atoms with van der Waals surface area (Å²) < 4.78 is 25.2. The SMILES string of the molecule is O=C(CI)[C@H](OCc1ccccc1)[C@@H](OCc1ccccc1)[C@H](OCc1ccccc1)[C@H](O)COCc1ccccc1. The Balaban J connectivity index is 1.59. The number of ketones is 1. The van der Waals surface area contributed by atoms with E-state index in [1.54, 1.807) is 0 Å². The van der Waals surface area contributed by atoms with Gasteiger partial charge in [-0.25, -0.2) is 0 Å². The van der Waals surface area contributed by atoms with Crippen LogP contribution in [0.15, 0.2) is 121 Å². The van der Waals surface area contributed by atoms with Gasteiger partial charge in [0.2, 0.25) is 0 Å². The predicted molar refractivity (Wildman–Crippen MR) is 171 cm³/mol. The van der Waals surface area contributed by atoms with Crippen molar-refractivity contribution in [2.24, 2.45) is 0 Å². The van der Waals surface area contributed by atoms with Gasteiger partial charge in [0, 0.05) is 0 Å². The van der Waals surface area contributed by atoms with E-state index in [0.29, 0.717) is 6.61 Å². The van der Waals surface area contributed by atoms with Gasteiger partial charge < -0.3 is 24.1 Å². The third-order valence-electron chi connectivity index (χ3n) is 6.69. The molecule has 0 fully saturated rings. The molecule has 4 rings (SSSR count). The van der Waals surface area contributed by atoms with Crippen molar-refractivity contribution in [2.75, 3.05) is 11.0 Å². The molecule has 0 radical (unpaired) electrons. The maximum absolute atomic E-state index is 13.4. The van der Waals surface area contributed by atoms with Crippen LogP contribution in [0, 0.1) is 0 Å². The first kappa shape index (κ1) is 32.0. The molecule has 0 aliphatic rings. The van der Waals surface area contributed by atoms with Crippen molar-refractivity contribution in [1.82, 2.24) is 0 Å². The third kappa shape index (κ3) is 10.4. The standard InChI is InChI=1S/C35H37IO6/c36-21-31(37)33(40-23-28-15-7-2-8-16-28)35(42-25-30-19-11-4-12-20-30)34(41-24-29-17-9-3-10-18-29)32(38)26-39-22-27-13-5-1-6-14-27/h1-20,32-35,38H,21-26H2/t32-,33+,34-,35-/m1/s1. The zero-order valence-corrected chi connectivity index (χ0v) is 25.6. The van der Waals surface area contributed by atoms with E-state index in [9.17, 15) is 9.90 Å². The number of carbonyl (C=O) groups is 1. The quantitative estimate of drug-likeness (QED) is 0.0980. The van der Waals surface area contributed by atoms with Gasteiger partial charge in [0.05, 0.1) is 37.5 Å². The van der Waals surface area contributed by atoms with Crippen LogP contribution in [0.2, 0.25) is 0 Å². The largest absolute Gasteiger partial charge is 0.388 e. The molecule has 4 aromatic carbocycles. The first-order chi connectivity index (χ1) is 20.6. The molecule has 0 heterocycles. The normalized spacial score (nSPS) is 14.1. The molecule has 4 atom stereocenters.